The maximum atomic E-state index is 5.23. The van der Waals surface area contributed by atoms with Gasteiger partial charge in [-0.25, -0.2) is 15.0 Å². The third-order valence-corrected chi connectivity index (χ3v) is 9.28. The molecule has 0 atom stereocenters. The molecular formula is C44H33N9. The van der Waals surface area contributed by atoms with Crippen LogP contribution in [0.25, 0.3) is 49.8 Å². The Morgan fingerprint density at radius 2 is 1.25 bits per heavy atom. The van der Waals surface area contributed by atoms with E-state index in [2.05, 4.69) is 132 Å². The number of hydrazone groups is 1. The quantitative estimate of drug-likeness (QED) is 0.113. The molecular weight excluding hydrogens is 655 g/mol. The zero-order valence-corrected chi connectivity index (χ0v) is 28.7. The standard InChI is InChI=1S/C44H33N9/c1-3-17-37-32(11-1)13-9-19-39(37)43-50-41-42(47-30-48-44(41)53(43)40-20-10-14-33-12-2-4-18-38(33)40)51-49-27-31-21-23-36(24-22-31)52(28-34-15-5-7-25-45-34)29-35-16-6-8-26-46-35/h1-27,30H,28-29H2,(H,47,48,51)/b49-27-. The Labute approximate surface area is 306 Å². The first kappa shape index (κ1) is 31.7. The number of hydrogen-bond donors (Lipinski definition) is 1. The third-order valence-electron chi connectivity index (χ3n) is 9.28. The molecule has 53 heavy (non-hydrogen) atoms. The minimum atomic E-state index is 0.514. The van der Waals surface area contributed by atoms with Crippen molar-refractivity contribution in [1.82, 2.24) is 29.5 Å². The molecule has 0 spiro atoms. The molecule has 4 heterocycles. The van der Waals surface area contributed by atoms with E-state index < -0.39 is 0 Å². The van der Waals surface area contributed by atoms with Crippen LogP contribution in [0.4, 0.5) is 11.5 Å². The highest BCUT2D eigenvalue weighted by molar-refractivity contribution is 6.00. The molecule has 5 aromatic carbocycles. The molecule has 9 rings (SSSR count). The second-order valence-electron chi connectivity index (χ2n) is 12.7. The minimum Gasteiger partial charge on any atom is -0.360 e. The molecule has 0 fully saturated rings. The van der Waals surface area contributed by atoms with Gasteiger partial charge in [0.1, 0.15) is 12.2 Å². The SMILES string of the molecule is C(=N/Nc1ncnc2c1nc(-c1cccc3ccccc13)n2-c1cccc2ccccc12)/c1ccc(N(Cc2ccccn2)Cc2ccccn2)cc1. The van der Waals surface area contributed by atoms with Gasteiger partial charge in [0.2, 0.25) is 0 Å². The van der Waals surface area contributed by atoms with E-state index in [4.69, 9.17) is 9.97 Å². The number of benzene rings is 5. The van der Waals surface area contributed by atoms with Crippen LogP contribution in [-0.2, 0) is 13.1 Å². The first-order chi connectivity index (χ1) is 26.3. The van der Waals surface area contributed by atoms with Gasteiger partial charge in [-0.1, -0.05) is 103 Å². The van der Waals surface area contributed by atoms with Crippen molar-refractivity contribution in [3.8, 4) is 17.1 Å². The fraction of sp³-hybridized carbons (Fsp3) is 0.0455. The number of imidazole rings is 1. The third kappa shape index (κ3) is 6.43. The zero-order chi connectivity index (χ0) is 35.4. The monoisotopic (exact) mass is 687 g/mol. The predicted molar refractivity (Wildman–Crippen MR) is 213 cm³/mol. The topological polar surface area (TPSA) is 97.0 Å². The lowest BCUT2D eigenvalue weighted by Gasteiger charge is -2.24. The molecule has 9 heteroatoms. The number of anilines is 2. The van der Waals surface area contributed by atoms with Gasteiger partial charge in [-0.15, -0.1) is 0 Å². The molecule has 0 bridgehead atoms. The van der Waals surface area contributed by atoms with E-state index in [1.807, 2.05) is 60.9 Å². The Bertz CT molecular complexity index is 2660. The van der Waals surface area contributed by atoms with Crippen molar-refractivity contribution >= 4 is 50.4 Å². The molecule has 0 unspecified atom stereocenters. The van der Waals surface area contributed by atoms with Gasteiger partial charge in [0, 0.05) is 29.0 Å². The Morgan fingerprint density at radius 1 is 0.604 bits per heavy atom. The Hall–Kier alpha value is -7.26. The fourth-order valence-corrected chi connectivity index (χ4v) is 6.76. The highest BCUT2D eigenvalue weighted by Gasteiger charge is 2.21. The first-order valence-electron chi connectivity index (χ1n) is 17.4. The molecule has 9 nitrogen and oxygen atoms in total. The summed E-state index contributed by atoms with van der Waals surface area (Å²) in [7, 11) is 0. The summed E-state index contributed by atoms with van der Waals surface area (Å²) in [6.45, 7) is 1.31. The molecule has 4 aromatic heterocycles. The summed E-state index contributed by atoms with van der Waals surface area (Å²) >= 11 is 0. The molecule has 9 aromatic rings. The number of fused-ring (bicyclic) bond motifs is 3. The maximum Gasteiger partial charge on any atom is 0.177 e. The van der Waals surface area contributed by atoms with E-state index in [1.165, 1.54) is 0 Å². The van der Waals surface area contributed by atoms with Gasteiger partial charge in [0.15, 0.2) is 17.0 Å². The van der Waals surface area contributed by atoms with E-state index in [0.717, 1.165) is 61.3 Å². The van der Waals surface area contributed by atoms with Gasteiger partial charge in [0.05, 0.1) is 36.4 Å². The average molecular weight is 688 g/mol. The van der Waals surface area contributed by atoms with E-state index in [0.29, 0.717) is 30.1 Å². The molecule has 254 valence electrons. The molecule has 0 aliphatic rings. The van der Waals surface area contributed by atoms with Gasteiger partial charge in [-0.2, -0.15) is 5.10 Å². The van der Waals surface area contributed by atoms with Gasteiger partial charge < -0.3 is 4.90 Å². The van der Waals surface area contributed by atoms with Crippen molar-refractivity contribution in [2.75, 3.05) is 10.3 Å². The van der Waals surface area contributed by atoms with Crippen LogP contribution in [0.2, 0.25) is 0 Å². The number of aromatic nitrogens is 6. The highest BCUT2D eigenvalue weighted by Crippen LogP contribution is 2.36. The van der Waals surface area contributed by atoms with E-state index in [-0.39, 0.29) is 0 Å². The summed E-state index contributed by atoms with van der Waals surface area (Å²) in [6.07, 6.45) is 6.99. The lowest BCUT2D eigenvalue weighted by Crippen LogP contribution is -2.23. The van der Waals surface area contributed by atoms with E-state index in [1.54, 1.807) is 12.5 Å². The number of rotatable bonds is 10. The van der Waals surface area contributed by atoms with Crippen LogP contribution >= 0.6 is 0 Å². The van der Waals surface area contributed by atoms with Crippen molar-refractivity contribution < 1.29 is 0 Å². The Kier molecular flexibility index (Phi) is 8.47. The first-order valence-corrected chi connectivity index (χ1v) is 17.4. The van der Waals surface area contributed by atoms with Crippen molar-refractivity contribution in [2.45, 2.75) is 13.1 Å². The summed E-state index contributed by atoms with van der Waals surface area (Å²) in [5.74, 6) is 1.29. The molecule has 0 aliphatic carbocycles. The lowest BCUT2D eigenvalue weighted by atomic mass is 10.0. The summed E-state index contributed by atoms with van der Waals surface area (Å²) in [5.41, 5.74) is 10.4. The molecule has 1 N–H and O–H groups in total. The molecule has 0 amide bonds. The van der Waals surface area contributed by atoms with Crippen molar-refractivity contribution in [2.24, 2.45) is 5.10 Å². The number of pyridine rings is 2. The average Bonchev–Trinajstić information content (AvgIpc) is 3.61. The lowest BCUT2D eigenvalue weighted by molar-refractivity contribution is 0.765. The maximum absolute atomic E-state index is 5.23. The van der Waals surface area contributed by atoms with Crippen molar-refractivity contribution in [3.63, 3.8) is 0 Å². The van der Waals surface area contributed by atoms with Gasteiger partial charge in [-0.3, -0.25) is 20.0 Å². The summed E-state index contributed by atoms with van der Waals surface area (Å²) < 4.78 is 2.14. The molecule has 0 saturated heterocycles. The molecule has 0 aliphatic heterocycles. The van der Waals surface area contributed by atoms with Crippen LogP contribution in [0, 0.1) is 0 Å². The van der Waals surface area contributed by atoms with Crippen LogP contribution in [0.1, 0.15) is 17.0 Å². The normalized spacial score (nSPS) is 11.5. The van der Waals surface area contributed by atoms with Crippen LogP contribution in [-0.4, -0.2) is 35.7 Å². The molecule has 0 radical (unpaired) electrons. The van der Waals surface area contributed by atoms with Gasteiger partial charge >= 0.3 is 0 Å². The predicted octanol–water partition coefficient (Wildman–Crippen LogP) is 9.23. The second-order valence-corrected chi connectivity index (χ2v) is 12.7. The fourth-order valence-electron chi connectivity index (χ4n) is 6.76. The summed E-state index contributed by atoms with van der Waals surface area (Å²) in [5, 5.41) is 9.09. The van der Waals surface area contributed by atoms with E-state index >= 15 is 0 Å². The highest BCUT2D eigenvalue weighted by atomic mass is 15.3. The zero-order valence-electron chi connectivity index (χ0n) is 28.7. The smallest absolute Gasteiger partial charge is 0.177 e. The van der Waals surface area contributed by atoms with Crippen LogP contribution in [0.3, 0.4) is 0 Å². The van der Waals surface area contributed by atoms with Crippen LogP contribution in [0.5, 0.6) is 0 Å². The van der Waals surface area contributed by atoms with Gasteiger partial charge in [0.25, 0.3) is 0 Å². The van der Waals surface area contributed by atoms with E-state index in [9.17, 15) is 0 Å². The summed E-state index contributed by atoms with van der Waals surface area (Å²) in [6, 6.07) is 49.6. The van der Waals surface area contributed by atoms with Crippen LogP contribution < -0.4 is 10.3 Å². The Balaban J connectivity index is 1.05. The van der Waals surface area contributed by atoms with Crippen LogP contribution in [0.15, 0.2) is 169 Å². The summed E-state index contributed by atoms with van der Waals surface area (Å²) in [4.78, 5) is 26.0. The minimum absolute atomic E-state index is 0.514. The number of nitrogens with zero attached hydrogens (tertiary/aromatic N) is 8. The Morgan fingerprint density at radius 3 is 1.96 bits per heavy atom. The largest absolute Gasteiger partial charge is 0.360 e. The second kappa shape index (κ2) is 14.2. The van der Waals surface area contributed by atoms with Gasteiger partial charge in [-0.05, 0) is 64.2 Å². The number of nitrogens with one attached hydrogen (secondary N) is 1. The van der Waals surface area contributed by atoms with Crippen molar-refractivity contribution in [1.29, 1.82) is 0 Å². The molecule has 0 saturated carbocycles. The number of hydrogen-bond acceptors (Lipinski definition) is 8. The van der Waals surface area contributed by atoms with Crippen molar-refractivity contribution in [3.05, 3.63) is 181 Å².